The molecule has 0 bridgehead atoms. The highest BCUT2D eigenvalue weighted by Gasteiger charge is 2.31. The lowest BCUT2D eigenvalue weighted by Gasteiger charge is -2.08. The number of nitrogens with two attached hydrogens (primary N) is 1. The zero-order valence-corrected chi connectivity index (χ0v) is 9.34. The molecule has 0 radical (unpaired) electrons. The first-order valence-corrected chi connectivity index (χ1v) is 4.82. The van der Waals surface area contributed by atoms with Gasteiger partial charge in [0.2, 0.25) is 5.78 Å². The third-order valence-corrected chi connectivity index (χ3v) is 1.75. The molecule has 0 heterocycles. The summed E-state index contributed by atoms with van der Waals surface area (Å²) in [6, 6.07) is 2.25. The third-order valence-electron chi connectivity index (χ3n) is 1.75. The number of ketones is 1. The highest BCUT2D eigenvalue weighted by molar-refractivity contribution is 6.34. The van der Waals surface area contributed by atoms with Crippen LogP contribution in [0.2, 0.25) is 0 Å². The molecule has 0 saturated carbocycles. The SMILES string of the molecule is CC.Nc1ccc(C(F)(F)F)cc1C(=O)C=O. The molecule has 2 N–H and O–H groups in total. The molecule has 0 unspecified atom stereocenters. The van der Waals surface area contributed by atoms with Crippen molar-refractivity contribution in [3.63, 3.8) is 0 Å². The molecule has 0 fully saturated rings. The van der Waals surface area contributed by atoms with E-state index in [-0.39, 0.29) is 12.0 Å². The summed E-state index contributed by atoms with van der Waals surface area (Å²) in [6.45, 7) is 4.00. The standard InChI is InChI=1S/C9H6F3NO2.C2H6/c10-9(11,12)5-1-2-7(13)6(3-5)8(15)4-14;1-2/h1-4H,13H2;1-2H3. The number of rotatable bonds is 2. The van der Waals surface area contributed by atoms with E-state index in [1.165, 1.54) is 0 Å². The van der Waals surface area contributed by atoms with Crippen LogP contribution in [0.1, 0.15) is 29.8 Å². The van der Waals surface area contributed by atoms with Gasteiger partial charge >= 0.3 is 6.18 Å². The third kappa shape index (κ3) is 3.90. The monoisotopic (exact) mass is 247 g/mol. The Morgan fingerprint density at radius 3 is 2.24 bits per heavy atom. The molecule has 0 aliphatic carbocycles. The number of Topliss-reactive ketones (excluding diaryl/α,β-unsaturated/α-hetero) is 1. The Kier molecular flexibility index (Phi) is 5.37. The van der Waals surface area contributed by atoms with Crippen LogP contribution in [0.5, 0.6) is 0 Å². The summed E-state index contributed by atoms with van der Waals surface area (Å²) < 4.78 is 36.7. The van der Waals surface area contributed by atoms with Gasteiger partial charge in [-0.2, -0.15) is 13.2 Å². The first-order chi connectivity index (χ1) is 7.86. The molecule has 1 aromatic carbocycles. The maximum Gasteiger partial charge on any atom is 0.416 e. The quantitative estimate of drug-likeness (QED) is 0.378. The smallest absolute Gasteiger partial charge is 0.398 e. The lowest BCUT2D eigenvalue weighted by atomic mass is 10.1. The van der Waals surface area contributed by atoms with Crippen molar-refractivity contribution >= 4 is 17.8 Å². The molecule has 1 rings (SSSR count). The van der Waals surface area contributed by atoms with Gasteiger partial charge in [0.05, 0.1) is 5.56 Å². The number of nitrogen functional groups attached to an aromatic ring is 1. The molecule has 1 aromatic rings. The van der Waals surface area contributed by atoms with E-state index < -0.39 is 23.1 Å². The Hall–Kier alpha value is -1.85. The fraction of sp³-hybridized carbons (Fsp3) is 0.273. The summed E-state index contributed by atoms with van der Waals surface area (Å²) in [7, 11) is 0. The molecule has 0 saturated heterocycles. The molecule has 0 amide bonds. The number of hydrogen-bond donors (Lipinski definition) is 1. The number of hydrogen-bond acceptors (Lipinski definition) is 3. The Bertz CT molecular complexity index is 414. The van der Waals surface area contributed by atoms with Crippen molar-refractivity contribution < 1.29 is 22.8 Å². The maximum absolute atomic E-state index is 12.2. The van der Waals surface area contributed by atoms with Gasteiger partial charge in [-0.3, -0.25) is 9.59 Å². The second-order valence-electron chi connectivity index (χ2n) is 2.78. The van der Waals surface area contributed by atoms with E-state index in [4.69, 9.17) is 5.73 Å². The van der Waals surface area contributed by atoms with Crippen LogP contribution in [0, 0.1) is 0 Å². The van der Waals surface area contributed by atoms with Gasteiger partial charge in [-0.05, 0) is 18.2 Å². The van der Waals surface area contributed by atoms with E-state index in [1.54, 1.807) is 0 Å². The van der Waals surface area contributed by atoms with Crippen LogP contribution in [-0.4, -0.2) is 12.1 Å². The number of halogens is 3. The summed E-state index contributed by atoms with van der Waals surface area (Å²) in [4.78, 5) is 21.0. The number of alkyl halides is 3. The predicted molar refractivity (Wildman–Crippen MR) is 57.6 cm³/mol. The second-order valence-corrected chi connectivity index (χ2v) is 2.78. The normalized spacial score (nSPS) is 10.2. The Morgan fingerprint density at radius 1 is 1.29 bits per heavy atom. The molecule has 0 aromatic heterocycles. The number of anilines is 1. The van der Waals surface area contributed by atoms with Gasteiger partial charge < -0.3 is 5.73 Å². The minimum Gasteiger partial charge on any atom is -0.398 e. The van der Waals surface area contributed by atoms with E-state index in [1.807, 2.05) is 13.8 Å². The number of aldehydes is 1. The van der Waals surface area contributed by atoms with Crippen molar-refractivity contribution in [2.24, 2.45) is 0 Å². The van der Waals surface area contributed by atoms with Gasteiger partial charge in [0.1, 0.15) is 0 Å². The van der Waals surface area contributed by atoms with Crippen molar-refractivity contribution in [2.45, 2.75) is 20.0 Å². The van der Waals surface area contributed by atoms with Gasteiger partial charge in [-0.15, -0.1) is 0 Å². The highest BCUT2D eigenvalue weighted by atomic mass is 19.4. The summed E-state index contributed by atoms with van der Waals surface area (Å²) >= 11 is 0. The van der Waals surface area contributed by atoms with E-state index in [9.17, 15) is 22.8 Å². The van der Waals surface area contributed by atoms with Crippen LogP contribution in [0.15, 0.2) is 18.2 Å². The maximum atomic E-state index is 12.2. The molecule has 17 heavy (non-hydrogen) atoms. The van der Waals surface area contributed by atoms with Gasteiger partial charge in [0.25, 0.3) is 0 Å². The van der Waals surface area contributed by atoms with E-state index in [0.717, 1.165) is 12.1 Å². The van der Waals surface area contributed by atoms with Crippen LogP contribution in [0.3, 0.4) is 0 Å². The zero-order chi connectivity index (χ0) is 13.6. The van der Waals surface area contributed by atoms with E-state index in [2.05, 4.69) is 0 Å². The molecular weight excluding hydrogens is 235 g/mol. The van der Waals surface area contributed by atoms with E-state index >= 15 is 0 Å². The average Bonchev–Trinajstić information content (AvgIpc) is 2.30. The number of carbonyl (C=O) groups is 2. The van der Waals surface area contributed by atoms with Crippen molar-refractivity contribution in [2.75, 3.05) is 5.73 Å². The van der Waals surface area contributed by atoms with Crippen LogP contribution in [0.4, 0.5) is 18.9 Å². The first kappa shape index (κ1) is 15.2. The molecule has 3 nitrogen and oxygen atoms in total. The first-order valence-electron chi connectivity index (χ1n) is 4.82. The molecule has 0 atom stereocenters. The lowest BCUT2D eigenvalue weighted by molar-refractivity contribution is -0.137. The van der Waals surface area contributed by atoms with Crippen molar-refractivity contribution in [3.05, 3.63) is 29.3 Å². The summed E-state index contributed by atoms with van der Waals surface area (Å²) in [5.41, 5.74) is 3.67. The summed E-state index contributed by atoms with van der Waals surface area (Å²) in [5.74, 6) is -1.07. The molecule has 6 heteroatoms. The van der Waals surface area contributed by atoms with Gasteiger partial charge in [0, 0.05) is 11.3 Å². The van der Waals surface area contributed by atoms with Crippen molar-refractivity contribution in [3.8, 4) is 0 Å². The van der Waals surface area contributed by atoms with Gasteiger partial charge in [-0.1, -0.05) is 13.8 Å². The van der Waals surface area contributed by atoms with Gasteiger partial charge in [0.15, 0.2) is 6.29 Å². The highest BCUT2D eigenvalue weighted by Crippen LogP contribution is 2.31. The lowest BCUT2D eigenvalue weighted by Crippen LogP contribution is -2.10. The minimum atomic E-state index is -4.56. The fourth-order valence-corrected chi connectivity index (χ4v) is 1.01. The van der Waals surface area contributed by atoms with Crippen LogP contribution in [0.25, 0.3) is 0 Å². The van der Waals surface area contributed by atoms with Crippen molar-refractivity contribution in [1.82, 2.24) is 0 Å². The van der Waals surface area contributed by atoms with Crippen LogP contribution >= 0.6 is 0 Å². The fourth-order valence-electron chi connectivity index (χ4n) is 1.01. The largest absolute Gasteiger partial charge is 0.416 e. The van der Waals surface area contributed by atoms with Crippen molar-refractivity contribution in [1.29, 1.82) is 0 Å². The predicted octanol–water partition coefficient (Wildman–Crippen LogP) is 2.70. The number of carbonyl (C=O) groups excluding carboxylic acids is 2. The molecule has 94 valence electrons. The number of benzene rings is 1. The molecule has 0 spiro atoms. The zero-order valence-electron chi connectivity index (χ0n) is 9.34. The second kappa shape index (κ2) is 6.03. The molecule has 0 aliphatic rings. The van der Waals surface area contributed by atoms with Gasteiger partial charge in [-0.25, -0.2) is 0 Å². The summed E-state index contributed by atoms with van der Waals surface area (Å²) in [5, 5.41) is 0. The Morgan fingerprint density at radius 2 is 1.82 bits per heavy atom. The van der Waals surface area contributed by atoms with Crippen LogP contribution in [-0.2, 0) is 11.0 Å². The minimum absolute atomic E-state index is 0.0775. The summed E-state index contributed by atoms with van der Waals surface area (Å²) in [6.07, 6.45) is -4.64. The Labute approximate surface area is 96.4 Å². The topological polar surface area (TPSA) is 60.2 Å². The van der Waals surface area contributed by atoms with Crippen LogP contribution < -0.4 is 5.73 Å². The molecule has 0 aliphatic heterocycles. The van der Waals surface area contributed by atoms with E-state index in [0.29, 0.717) is 6.07 Å². The molecular formula is C11H12F3NO2. The average molecular weight is 247 g/mol. The Balaban J connectivity index is 0.00000121.